The van der Waals surface area contributed by atoms with E-state index in [2.05, 4.69) is 71.2 Å². The minimum Gasteiger partial charge on any atom is -0.356 e. The van der Waals surface area contributed by atoms with Crippen LogP contribution in [0.4, 0.5) is 0 Å². The van der Waals surface area contributed by atoms with Crippen molar-refractivity contribution in [2.45, 2.75) is 51.6 Å². The number of aliphatic imine (C=N–C) groups is 1. The SMILES string of the molecule is CN=C(NCCCc1nnc2n1CCCCC2)N(C)Cc1ccccc1Br.I. The summed E-state index contributed by atoms with van der Waals surface area (Å²) in [5.74, 6) is 3.20. The topological polar surface area (TPSA) is 58.3 Å². The average Bonchev–Trinajstić information content (AvgIpc) is 2.90. The van der Waals surface area contributed by atoms with E-state index in [-0.39, 0.29) is 24.0 Å². The van der Waals surface area contributed by atoms with Crippen molar-refractivity contribution >= 4 is 45.9 Å². The van der Waals surface area contributed by atoms with Crippen molar-refractivity contribution in [3.63, 3.8) is 0 Å². The highest BCUT2D eigenvalue weighted by molar-refractivity contribution is 14.0. The van der Waals surface area contributed by atoms with Gasteiger partial charge in [-0.05, 0) is 30.9 Å². The van der Waals surface area contributed by atoms with E-state index in [9.17, 15) is 0 Å². The van der Waals surface area contributed by atoms with Gasteiger partial charge in [0.25, 0.3) is 0 Å². The summed E-state index contributed by atoms with van der Waals surface area (Å²) in [6.07, 6.45) is 6.80. The van der Waals surface area contributed by atoms with E-state index in [1.807, 2.05) is 13.1 Å². The number of fused-ring (bicyclic) bond motifs is 1. The second-order valence-corrected chi connectivity index (χ2v) is 7.87. The molecule has 0 atom stereocenters. The molecule has 0 unspecified atom stereocenters. The van der Waals surface area contributed by atoms with Crippen molar-refractivity contribution < 1.29 is 0 Å². The van der Waals surface area contributed by atoms with Crippen molar-refractivity contribution in [1.29, 1.82) is 0 Å². The molecule has 8 heteroatoms. The Morgan fingerprint density at radius 2 is 2.07 bits per heavy atom. The highest BCUT2D eigenvalue weighted by Gasteiger charge is 2.14. The van der Waals surface area contributed by atoms with Crippen LogP contribution in [0, 0.1) is 0 Å². The van der Waals surface area contributed by atoms with Gasteiger partial charge >= 0.3 is 0 Å². The molecule has 1 aromatic carbocycles. The molecule has 6 nitrogen and oxygen atoms in total. The minimum absolute atomic E-state index is 0. The molecule has 3 rings (SSSR count). The molecule has 0 fully saturated rings. The van der Waals surface area contributed by atoms with E-state index in [0.717, 1.165) is 55.2 Å². The fourth-order valence-electron chi connectivity index (χ4n) is 3.52. The van der Waals surface area contributed by atoms with Gasteiger partial charge in [0, 0.05) is 51.0 Å². The number of nitrogens with one attached hydrogen (secondary N) is 1. The second kappa shape index (κ2) is 11.7. The highest BCUT2D eigenvalue weighted by Crippen LogP contribution is 2.17. The summed E-state index contributed by atoms with van der Waals surface area (Å²) in [6, 6.07) is 8.29. The van der Waals surface area contributed by atoms with E-state index in [4.69, 9.17) is 0 Å². The first-order chi connectivity index (χ1) is 13.2. The fourth-order valence-corrected chi connectivity index (χ4v) is 3.93. The quantitative estimate of drug-likeness (QED) is 0.251. The van der Waals surface area contributed by atoms with E-state index in [0.29, 0.717) is 0 Å². The summed E-state index contributed by atoms with van der Waals surface area (Å²) < 4.78 is 3.46. The first-order valence-corrected chi connectivity index (χ1v) is 10.5. The van der Waals surface area contributed by atoms with Crippen LogP contribution < -0.4 is 5.32 Å². The Bertz CT molecular complexity index is 776. The maximum atomic E-state index is 4.42. The van der Waals surface area contributed by atoms with E-state index in [1.54, 1.807) is 0 Å². The van der Waals surface area contributed by atoms with Gasteiger partial charge in [0.05, 0.1) is 0 Å². The second-order valence-electron chi connectivity index (χ2n) is 7.02. The van der Waals surface area contributed by atoms with Crippen LogP contribution in [0.5, 0.6) is 0 Å². The Kier molecular flexibility index (Phi) is 9.70. The van der Waals surface area contributed by atoms with Gasteiger partial charge in [0.1, 0.15) is 11.6 Å². The summed E-state index contributed by atoms with van der Waals surface area (Å²) in [7, 11) is 3.89. The van der Waals surface area contributed by atoms with Gasteiger partial charge in [-0.15, -0.1) is 34.2 Å². The number of halogens is 2. The monoisotopic (exact) mass is 560 g/mol. The normalized spacial score (nSPS) is 14.0. The molecule has 1 aliphatic rings. The van der Waals surface area contributed by atoms with Crippen LogP contribution in [0.1, 0.15) is 42.9 Å². The molecule has 2 aromatic rings. The van der Waals surface area contributed by atoms with Crippen molar-refractivity contribution in [3.8, 4) is 0 Å². The number of nitrogens with zero attached hydrogens (tertiary/aromatic N) is 5. The molecule has 0 spiro atoms. The summed E-state index contributed by atoms with van der Waals surface area (Å²) in [4.78, 5) is 6.56. The lowest BCUT2D eigenvalue weighted by Crippen LogP contribution is -2.39. The number of benzene rings is 1. The lowest BCUT2D eigenvalue weighted by Gasteiger charge is -2.22. The first-order valence-electron chi connectivity index (χ1n) is 9.75. The molecule has 154 valence electrons. The van der Waals surface area contributed by atoms with Crippen LogP contribution in [-0.4, -0.2) is 46.3 Å². The van der Waals surface area contributed by atoms with Gasteiger partial charge in [0.15, 0.2) is 5.96 Å². The largest absolute Gasteiger partial charge is 0.356 e. The zero-order valence-corrected chi connectivity index (χ0v) is 20.6. The smallest absolute Gasteiger partial charge is 0.193 e. The van der Waals surface area contributed by atoms with Crippen LogP contribution in [0.25, 0.3) is 0 Å². The summed E-state index contributed by atoms with van der Waals surface area (Å²) in [5.41, 5.74) is 1.24. The number of hydrogen-bond acceptors (Lipinski definition) is 3. The van der Waals surface area contributed by atoms with E-state index in [1.165, 1.54) is 30.7 Å². The maximum absolute atomic E-state index is 4.42. The zero-order chi connectivity index (χ0) is 19.1. The van der Waals surface area contributed by atoms with Crippen molar-refractivity contribution in [1.82, 2.24) is 25.0 Å². The van der Waals surface area contributed by atoms with Gasteiger partial charge in [-0.1, -0.05) is 40.5 Å². The third-order valence-corrected chi connectivity index (χ3v) is 5.76. The Hall–Kier alpha value is -1.16. The van der Waals surface area contributed by atoms with Crippen LogP contribution >= 0.6 is 39.9 Å². The number of rotatable bonds is 6. The van der Waals surface area contributed by atoms with Crippen molar-refractivity contribution in [2.24, 2.45) is 4.99 Å². The van der Waals surface area contributed by atoms with Gasteiger partial charge in [0.2, 0.25) is 0 Å². The Morgan fingerprint density at radius 3 is 2.86 bits per heavy atom. The molecule has 0 aliphatic carbocycles. The predicted octanol–water partition coefficient (Wildman–Crippen LogP) is 4.03. The maximum Gasteiger partial charge on any atom is 0.193 e. The van der Waals surface area contributed by atoms with Gasteiger partial charge in [-0.3, -0.25) is 4.99 Å². The molecule has 0 radical (unpaired) electrons. The Morgan fingerprint density at radius 1 is 1.25 bits per heavy atom. The molecule has 0 saturated heterocycles. The highest BCUT2D eigenvalue weighted by atomic mass is 127. The summed E-state index contributed by atoms with van der Waals surface area (Å²) in [5, 5.41) is 12.3. The van der Waals surface area contributed by atoms with E-state index >= 15 is 0 Å². The molecular weight excluding hydrogens is 531 g/mol. The molecule has 0 bridgehead atoms. The third-order valence-electron chi connectivity index (χ3n) is 4.99. The zero-order valence-electron chi connectivity index (χ0n) is 16.7. The van der Waals surface area contributed by atoms with Gasteiger partial charge in [-0.2, -0.15) is 0 Å². The molecule has 1 N–H and O–H groups in total. The Labute approximate surface area is 193 Å². The fraction of sp³-hybridized carbons (Fsp3) is 0.550. The molecule has 0 amide bonds. The third kappa shape index (κ3) is 6.17. The summed E-state index contributed by atoms with van der Waals surface area (Å²) in [6.45, 7) is 2.75. The molecule has 2 heterocycles. The van der Waals surface area contributed by atoms with Crippen LogP contribution in [0.2, 0.25) is 0 Å². The minimum atomic E-state index is 0. The number of hydrogen-bond donors (Lipinski definition) is 1. The number of guanidine groups is 1. The van der Waals surface area contributed by atoms with Crippen LogP contribution in [0.3, 0.4) is 0 Å². The standard InChI is InChI=1S/C20H29BrN6.HI/c1-22-20(26(2)15-16-9-5-6-10-17(16)21)23-13-8-12-19-25-24-18-11-4-3-7-14-27(18)19;/h5-6,9-10H,3-4,7-8,11-15H2,1-2H3,(H,22,23);1H. The molecule has 0 saturated carbocycles. The van der Waals surface area contributed by atoms with Crippen molar-refractivity contribution in [3.05, 3.63) is 46.0 Å². The molecule has 1 aromatic heterocycles. The predicted molar refractivity (Wildman–Crippen MR) is 128 cm³/mol. The summed E-state index contributed by atoms with van der Waals surface area (Å²) >= 11 is 3.62. The lowest BCUT2D eigenvalue weighted by molar-refractivity contribution is 0.474. The number of aromatic nitrogens is 3. The molecular formula is C20H30BrIN6. The van der Waals surface area contributed by atoms with Crippen LogP contribution in [-0.2, 0) is 25.9 Å². The van der Waals surface area contributed by atoms with Gasteiger partial charge < -0.3 is 14.8 Å². The first kappa shape index (κ1) is 23.1. The van der Waals surface area contributed by atoms with Crippen molar-refractivity contribution in [2.75, 3.05) is 20.6 Å². The Balaban J connectivity index is 0.00000280. The molecule has 28 heavy (non-hydrogen) atoms. The molecule has 1 aliphatic heterocycles. The van der Waals surface area contributed by atoms with Crippen LogP contribution in [0.15, 0.2) is 33.7 Å². The van der Waals surface area contributed by atoms with E-state index < -0.39 is 0 Å². The lowest BCUT2D eigenvalue weighted by atomic mass is 10.2. The average molecular weight is 561 g/mol. The number of aryl methyl sites for hydroxylation is 2. The van der Waals surface area contributed by atoms with Gasteiger partial charge in [-0.25, -0.2) is 0 Å².